The quantitative estimate of drug-likeness (QED) is 0.921. The molecule has 0 amide bonds. The highest BCUT2D eigenvalue weighted by Crippen LogP contribution is 2.41. The molecule has 0 unspecified atom stereocenters. The van der Waals surface area contributed by atoms with Gasteiger partial charge in [-0.25, -0.2) is 13.6 Å². The molecule has 1 aromatic carbocycles. The molecule has 1 N–H and O–H groups in total. The Morgan fingerprint density at radius 2 is 1.95 bits per heavy atom. The van der Waals surface area contributed by atoms with Gasteiger partial charge < -0.3 is 9.67 Å². The van der Waals surface area contributed by atoms with E-state index in [0.29, 0.717) is 5.69 Å². The van der Waals surface area contributed by atoms with Gasteiger partial charge in [0.1, 0.15) is 17.3 Å². The SMILES string of the molecule is O=C(O)c1ccc(-c2cc(F)ccc2F)n1C1CC1. The highest BCUT2D eigenvalue weighted by atomic mass is 19.1. The van der Waals surface area contributed by atoms with Crippen molar-refractivity contribution in [3.63, 3.8) is 0 Å². The maximum Gasteiger partial charge on any atom is 0.352 e. The Bertz CT molecular complexity index is 659. The number of rotatable bonds is 3. The van der Waals surface area contributed by atoms with Gasteiger partial charge in [-0.05, 0) is 43.2 Å². The van der Waals surface area contributed by atoms with Crippen LogP contribution in [-0.4, -0.2) is 15.6 Å². The predicted molar refractivity (Wildman–Crippen MR) is 65.0 cm³/mol. The fraction of sp³-hybridized carbons (Fsp3) is 0.214. The lowest BCUT2D eigenvalue weighted by Gasteiger charge is -2.11. The van der Waals surface area contributed by atoms with Crippen molar-refractivity contribution in [3.8, 4) is 11.3 Å². The molecule has 98 valence electrons. The van der Waals surface area contributed by atoms with E-state index in [4.69, 9.17) is 5.11 Å². The van der Waals surface area contributed by atoms with Crippen LogP contribution in [0.2, 0.25) is 0 Å². The van der Waals surface area contributed by atoms with Crippen LogP contribution in [0.4, 0.5) is 8.78 Å². The number of carbonyl (C=O) groups is 1. The van der Waals surface area contributed by atoms with E-state index in [0.717, 1.165) is 31.0 Å². The number of hydrogen-bond donors (Lipinski definition) is 1. The lowest BCUT2D eigenvalue weighted by Crippen LogP contribution is -2.08. The van der Waals surface area contributed by atoms with Crippen molar-refractivity contribution in [2.24, 2.45) is 0 Å². The Balaban J connectivity index is 2.20. The van der Waals surface area contributed by atoms with Gasteiger partial charge in [0.25, 0.3) is 0 Å². The van der Waals surface area contributed by atoms with Crippen molar-refractivity contribution in [2.75, 3.05) is 0 Å². The zero-order chi connectivity index (χ0) is 13.6. The molecule has 1 aliphatic rings. The maximum atomic E-state index is 13.8. The molecule has 3 rings (SSSR count). The van der Waals surface area contributed by atoms with Crippen LogP contribution in [0.3, 0.4) is 0 Å². The van der Waals surface area contributed by atoms with E-state index < -0.39 is 17.6 Å². The van der Waals surface area contributed by atoms with Crippen molar-refractivity contribution < 1.29 is 18.7 Å². The Morgan fingerprint density at radius 1 is 1.21 bits per heavy atom. The topological polar surface area (TPSA) is 42.2 Å². The number of carboxylic acids is 1. The smallest absolute Gasteiger partial charge is 0.352 e. The molecule has 1 saturated carbocycles. The Morgan fingerprint density at radius 3 is 2.58 bits per heavy atom. The fourth-order valence-corrected chi connectivity index (χ4v) is 2.26. The highest BCUT2D eigenvalue weighted by Gasteiger charge is 2.30. The van der Waals surface area contributed by atoms with Crippen LogP contribution in [0.1, 0.15) is 29.4 Å². The third-order valence-corrected chi connectivity index (χ3v) is 3.25. The van der Waals surface area contributed by atoms with Crippen molar-refractivity contribution >= 4 is 5.97 Å². The molecule has 1 aliphatic carbocycles. The van der Waals surface area contributed by atoms with Crippen LogP contribution in [-0.2, 0) is 0 Å². The summed E-state index contributed by atoms with van der Waals surface area (Å²) in [6.07, 6.45) is 1.72. The van der Waals surface area contributed by atoms with Gasteiger partial charge in [0.15, 0.2) is 0 Å². The third kappa shape index (κ3) is 2.01. The minimum absolute atomic E-state index is 0.0683. The van der Waals surface area contributed by atoms with Crippen molar-refractivity contribution in [2.45, 2.75) is 18.9 Å². The molecule has 1 aromatic heterocycles. The maximum absolute atomic E-state index is 13.8. The molecule has 1 fully saturated rings. The van der Waals surface area contributed by atoms with Crippen LogP contribution < -0.4 is 0 Å². The van der Waals surface area contributed by atoms with Gasteiger partial charge in [0.2, 0.25) is 0 Å². The molecule has 19 heavy (non-hydrogen) atoms. The average molecular weight is 263 g/mol. The molecule has 0 saturated heterocycles. The molecule has 5 heteroatoms. The zero-order valence-corrected chi connectivity index (χ0v) is 9.94. The first-order chi connectivity index (χ1) is 9.08. The molecule has 3 nitrogen and oxygen atoms in total. The lowest BCUT2D eigenvalue weighted by atomic mass is 10.1. The van der Waals surface area contributed by atoms with E-state index in [1.165, 1.54) is 12.1 Å². The molecule has 2 aromatic rings. The molecule has 0 spiro atoms. The van der Waals surface area contributed by atoms with Gasteiger partial charge in [-0.15, -0.1) is 0 Å². The second-order valence-corrected chi connectivity index (χ2v) is 4.63. The summed E-state index contributed by atoms with van der Waals surface area (Å²) in [7, 11) is 0. The highest BCUT2D eigenvalue weighted by molar-refractivity contribution is 5.87. The van der Waals surface area contributed by atoms with E-state index >= 15 is 0 Å². The molecular weight excluding hydrogens is 252 g/mol. The summed E-state index contributed by atoms with van der Waals surface area (Å²) in [5.74, 6) is -2.16. The Hall–Kier alpha value is -2.17. The minimum atomic E-state index is -1.06. The third-order valence-electron chi connectivity index (χ3n) is 3.25. The van der Waals surface area contributed by atoms with Crippen LogP contribution in [0.15, 0.2) is 30.3 Å². The lowest BCUT2D eigenvalue weighted by molar-refractivity contribution is 0.0685. The van der Waals surface area contributed by atoms with Gasteiger partial charge in [0, 0.05) is 11.6 Å². The van der Waals surface area contributed by atoms with Gasteiger partial charge in [0.05, 0.1) is 5.69 Å². The summed E-state index contributed by atoms with van der Waals surface area (Å²) < 4.78 is 28.6. The van der Waals surface area contributed by atoms with Gasteiger partial charge >= 0.3 is 5.97 Å². The minimum Gasteiger partial charge on any atom is -0.477 e. The summed E-state index contributed by atoms with van der Waals surface area (Å²) in [4.78, 5) is 11.2. The second kappa shape index (κ2) is 4.19. The summed E-state index contributed by atoms with van der Waals surface area (Å²) in [5, 5.41) is 9.14. The number of aromatic carboxylic acids is 1. The summed E-state index contributed by atoms with van der Waals surface area (Å²) >= 11 is 0. The van der Waals surface area contributed by atoms with Crippen molar-refractivity contribution in [1.29, 1.82) is 0 Å². The Labute approximate surface area is 108 Å². The van der Waals surface area contributed by atoms with E-state index in [-0.39, 0.29) is 17.3 Å². The number of benzene rings is 1. The normalized spacial score (nSPS) is 14.6. The first kappa shape index (κ1) is 11.9. The number of carboxylic acid groups (broad SMARTS) is 1. The van der Waals surface area contributed by atoms with Gasteiger partial charge in [-0.1, -0.05) is 0 Å². The van der Waals surface area contributed by atoms with E-state index in [1.807, 2.05) is 0 Å². The number of aromatic nitrogens is 1. The van der Waals surface area contributed by atoms with Crippen LogP contribution in [0, 0.1) is 11.6 Å². The van der Waals surface area contributed by atoms with Gasteiger partial charge in [-0.3, -0.25) is 0 Å². The van der Waals surface area contributed by atoms with E-state index in [2.05, 4.69) is 0 Å². The number of halogens is 2. The number of nitrogens with zero attached hydrogens (tertiary/aromatic N) is 1. The molecular formula is C14H11F2NO2. The zero-order valence-electron chi connectivity index (χ0n) is 9.94. The van der Waals surface area contributed by atoms with Gasteiger partial charge in [-0.2, -0.15) is 0 Å². The summed E-state index contributed by atoms with van der Waals surface area (Å²) in [5.41, 5.74) is 0.623. The predicted octanol–water partition coefficient (Wildman–Crippen LogP) is 3.47. The monoisotopic (exact) mass is 263 g/mol. The number of hydrogen-bond acceptors (Lipinski definition) is 1. The van der Waals surface area contributed by atoms with Crippen molar-refractivity contribution in [1.82, 2.24) is 4.57 Å². The molecule has 0 aliphatic heterocycles. The van der Waals surface area contributed by atoms with Crippen LogP contribution in [0.25, 0.3) is 11.3 Å². The molecule has 0 radical (unpaired) electrons. The molecule has 1 heterocycles. The van der Waals surface area contributed by atoms with E-state index in [9.17, 15) is 13.6 Å². The fourth-order valence-electron chi connectivity index (χ4n) is 2.26. The first-order valence-corrected chi connectivity index (χ1v) is 5.98. The van der Waals surface area contributed by atoms with Crippen LogP contribution >= 0.6 is 0 Å². The van der Waals surface area contributed by atoms with Crippen LogP contribution in [0.5, 0.6) is 0 Å². The summed E-state index contributed by atoms with van der Waals surface area (Å²) in [6, 6.07) is 6.21. The largest absolute Gasteiger partial charge is 0.477 e. The molecule has 0 atom stereocenters. The van der Waals surface area contributed by atoms with Crippen molar-refractivity contribution in [3.05, 3.63) is 47.7 Å². The summed E-state index contributed by atoms with van der Waals surface area (Å²) in [6.45, 7) is 0. The first-order valence-electron chi connectivity index (χ1n) is 5.98. The van der Waals surface area contributed by atoms with E-state index in [1.54, 1.807) is 4.57 Å². The Kier molecular flexibility index (Phi) is 2.62. The second-order valence-electron chi connectivity index (χ2n) is 4.63. The standard InChI is InChI=1S/C14H11F2NO2/c15-8-1-4-11(16)10(7-8)12-5-6-13(14(18)19)17(12)9-2-3-9/h1,4-7,9H,2-3H2,(H,18,19). The molecule has 0 bridgehead atoms. The average Bonchev–Trinajstić information content (AvgIpc) is 3.11.